The van der Waals surface area contributed by atoms with Gasteiger partial charge in [0.05, 0.1) is 6.10 Å². The van der Waals surface area contributed by atoms with E-state index < -0.39 is 0 Å². The van der Waals surface area contributed by atoms with E-state index >= 15 is 0 Å². The Labute approximate surface area is 86.4 Å². The largest absolute Gasteiger partial charge is 0.388 e. The Hall–Kier alpha value is -0.340. The van der Waals surface area contributed by atoms with Crippen molar-refractivity contribution in [2.75, 3.05) is 13.1 Å². The second-order valence-corrected chi connectivity index (χ2v) is 4.56. The Balaban J connectivity index is 1.91. The Kier molecular flexibility index (Phi) is 3.60. The SMILES string of the molecule is OC(C1=CCCCC1)C1CCNCC1. The van der Waals surface area contributed by atoms with Crippen LogP contribution >= 0.6 is 0 Å². The number of allylic oxidation sites excluding steroid dienone is 1. The smallest absolute Gasteiger partial charge is 0.0779 e. The predicted molar refractivity (Wildman–Crippen MR) is 58.2 cm³/mol. The lowest BCUT2D eigenvalue weighted by Gasteiger charge is -2.30. The minimum absolute atomic E-state index is 0.141. The van der Waals surface area contributed by atoms with Crippen LogP contribution in [0.4, 0.5) is 0 Å². The van der Waals surface area contributed by atoms with Crippen LogP contribution in [0.25, 0.3) is 0 Å². The van der Waals surface area contributed by atoms with E-state index in [1.54, 1.807) is 0 Å². The molecule has 0 radical (unpaired) electrons. The van der Waals surface area contributed by atoms with E-state index in [1.807, 2.05) is 0 Å². The maximum atomic E-state index is 10.2. The molecule has 2 heteroatoms. The normalized spacial score (nSPS) is 27.1. The molecule has 1 unspecified atom stereocenters. The van der Waals surface area contributed by atoms with Gasteiger partial charge >= 0.3 is 0 Å². The van der Waals surface area contributed by atoms with Gasteiger partial charge in [0, 0.05) is 0 Å². The molecule has 1 saturated heterocycles. The van der Waals surface area contributed by atoms with Gasteiger partial charge in [0.15, 0.2) is 0 Å². The molecule has 14 heavy (non-hydrogen) atoms. The van der Waals surface area contributed by atoms with Gasteiger partial charge in [0.1, 0.15) is 0 Å². The molecule has 0 aromatic heterocycles. The highest BCUT2D eigenvalue weighted by Gasteiger charge is 2.24. The van der Waals surface area contributed by atoms with Gasteiger partial charge in [-0.2, -0.15) is 0 Å². The summed E-state index contributed by atoms with van der Waals surface area (Å²) < 4.78 is 0. The number of hydrogen-bond acceptors (Lipinski definition) is 2. The van der Waals surface area contributed by atoms with E-state index in [0.29, 0.717) is 5.92 Å². The third kappa shape index (κ3) is 2.37. The molecule has 80 valence electrons. The number of aliphatic hydroxyl groups is 1. The highest BCUT2D eigenvalue weighted by atomic mass is 16.3. The quantitative estimate of drug-likeness (QED) is 0.659. The zero-order valence-corrected chi connectivity index (χ0v) is 8.84. The van der Waals surface area contributed by atoms with E-state index in [-0.39, 0.29) is 6.10 Å². The van der Waals surface area contributed by atoms with E-state index in [0.717, 1.165) is 32.4 Å². The van der Waals surface area contributed by atoms with Gasteiger partial charge in [-0.15, -0.1) is 0 Å². The first-order valence-corrected chi connectivity index (χ1v) is 5.95. The number of hydrogen-bond donors (Lipinski definition) is 2. The Bertz CT molecular complexity index is 206. The van der Waals surface area contributed by atoms with Crippen LogP contribution in [0.15, 0.2) is 11.6 Å². The fourth-order valence-corrected chi connectivity index (χ4v) is 2.59. The van der Waals surface area contributed by atoms with Crippen molar-refractivity contribution in [2.24, 2.45) is 5.92 Å². The van der Waals surface area contributed by atoms with Crippen molar-refractivity contribution >= 4 is 0 Å². The maximum Gasteiger partial charge on any atom is 0.0779 e. The molecule has 2 rings (SSSR count). The molecule has 1 atom stereocenters. The molecule has 1 aliphatic carbocycles. The summed E-state index contributed by atoms with van der Waals surface area (Å²) in [6.07, 6.45) is 9.30. The molecule has 2 nitrogen and oxygen atoms in total. The van der Waals surface area contributed by atoms with Crippen molar-refractivity contribution < 1.29 is 5.11 Å². The van der Waals surface area contributed by atoms with Crippen LogP contribution < -0.4 is 5.32 Å². The summed E-state index contributed by atoms with van der Waals surface area (Å²) in [4.78, 5) is 0. The van der Waals surface area contributed by atoms with Crippen LogP contribution in [0.5, 0.6) is 0 Å². The number of rotatable bonds is 2. The van der Waals surface area contributed by atoms with Gasteiger partial charge in [-0.1, -0.05) is 6.08 Å². The van der Waals surface area contributed by atoms with Crippen LogP contribution in [0.3, 0.4) is 0 Å². The molecular weight excluding hydrogens is 174 g/mol. The second kappa shape index (κ2) is 4.94. The minimum atomic E-state index is -0.141. The maximum absolute atomic E-state index is 10.2. The van der Waals surface area contributed by atoms with Crippen molar-refractivity contribution in [3.05, 3.63) is 11.6 Å². The van der Waals surface area contributed by atoms with Gasteiger partial charge in [0.25, 0.3) is 0 Å². The fraction of sp³-hybridized carbons (Fsp3) is 0.833. The van der Waals surface area contributed by atoms with Crippen molar-refractivity contribution in [2.45, 2.75) is 44.6 Å². The second-order valence-electron chi connectivity index (χ2n) is 4.56. The van der Waals surface area contributed by atoms with Gasteiger partial charge < -0.3 is 10.4 Å². The van der Waals surface area contributed by atoms with Gasteiger partial charge in [-0.25, -0.2) is 0 Å². The lowest BCUT2D eigenvalue weighted by Crippen LogP contribution is -2.35. The molecule has 1 aliphatic heterocycles. The number of aliphatic hydroxyl groups excluding tert-OH is 1. The average molecular weight is 195 g/mol. The monoisotopic (exact) mass is 195 g/mol. The molecule has 0 aromatic rings. The first-order valence-electron chi connectivity index (χ1n) is 5.95. The molecule has 0 bridgehead atoms. The summed E-state index contributed by atoms with van der Waals surface area (Å²) >= 11 is 0. The zero-order valence-electron chi connectivity index (χ0n) is 8.84. The van der Waals surface area contributed by atoms with E-state index in [1.165, 1.54) is 24.8 Å². The summed E-state index contributed by atoms with van der Waals surface area (Å²) in [5, 5.41) is 13.5. The van der Waals surface area contributed by atoms with Gasteiger partial charge in [-0.05, 0) is 63.1 Å². The number of nitrogens with one attached hydrogen (secondary N) is 1. The zero-order chi connectivity index (χ0) is 9.80. The first-order chi connectivity index (χ1) is 6.88. The van der Waals surface area contributed by atoms with Crippen LogP contribution in [-0.2, 0) is 0 Å². The summed E-state index contributed by atoms with van der Waals surface area (Å²) in [6, 6.07) is 0. The van der Waals surface area contributed by atoms with E-state index in [9.17, 15) is 5.11 Å². The van der Waals surface area contributed by atoms with Crippen LogP contribution in [-0.4, -0.2) is 24.3 Å². The lowest BCUT2D eigenvalue weighted by atomic mass is 9.84. The molecule has 0 amide bonds. The summed E-state index contributed by atoms with van der Waals surface area (Å²) in [5.41, 5.74) is 1.32. The first kappa shape index (κ1) is 10.2. The van der Waals surface area contributed by atoms with Crippen LogP contribution in [0.1, 0.15) is 38.5 Å². The van der Waals surface area contributed by atoms with Crippen LogP contribution in [0, 0.1) is 5.92 Å². The van der Waals surface area contributed by atoms with Crippen LogP contribution in [0.2, 0.25) is 0 Å². The predicted octanol–water partition coefficient (Wildman–Crippen LogP) is 1.85. The minimum Gasteiger partial charge on any atom is -0.388 e. The van der Waals surface area contributed by atoms with Gasteiger partial charge in [-0.3, -0.25) is 0 Å². The Morgan fingerprint density at radius 2 is 2.07 bits per heavy atom. The molecule has 2 N–H and O–H groups in total. The van der Waals surface area contributed by atoms with Crippen molar-refractivity contribution in [1.29, 1.82) is 0 Å². The highest BCUT2D eigenvalue weighted by Crippen LogP contribution is 2.27. The fourth-order valence-electron chi connectivity index (χ4n) is 2.59. The summed E-state index contributed by atoms with van der Waals surface area (Å²) in [6.45, 7) is 2.16. The molecule has 2 aliphatic rings. The van der Waals surface area contributed by atoms with E-state index in [4.69, 9.17) is 0 Å². The van der Waals surface area contributed by atoms with E-state index in [2.05, 4.69) is 11.4 Å². The average Bonchev–Trinajstić information content (AvgIpc) is 2.30. The van der Waals surface area contributed by atoms with Gasteiger partial charge in [0.2, 0.25) is 0 Å². The Morgan fingerprint density at radius 1 is 1.29 bits per heavy atom. The molecule has 0 saturated carbocycles. The number of piperidine rings is 1. The van der Waals surface area contributed by atoms with Crippen molar-refractivity contribution in [3.63, 3.8) is 0 Å². The molecular formula is C12H21NO. The third-order valence-corrected chi connectivity index (χ3v) is 3.54. The standard InChI is InChI=1S/C12H21NO/c14-12(10-4-2-1-3-5-10)11-6-8-13-9-7-11/h4,11-14H,1-3,5-9H2. The molecule has 0 spiro atoms. The summed E-state index contributed by atoms with van der Waals surface area (Å²) in [5.74, 6) is 0.514. The van der Waals surface area contributed by atoms with Crippen molar-refractivity contribution in [3.8, 4) is 0 Å². The Morgan fingerprint density at radius 3 is 2.71 bits per heavy atom. The molecule has 1 heterocycles. The van der Waals surface area contributed by atoms with Crippen molar-refractivity contribution in [1.82, 2.24) is 5.32 Å². The highest BCUT2D eigenvalue weighted by molar-refractivity contribution is 5.12. The third-order valence-electron chi connectivity index (χ3n) is 3.54. The summed E-state index contributed by atoms with van der Waals surface area (Å²) in [7, 11) is 0. The molecule has 1 fully saturated rings. The topological polar surface area (TPSA) is 32.3 Å². The molecule has 0 aromatic carbocycles. The lowest BCUT2D eigenvalue weighted by molar-refractivity contribution is 0.115.